The minimum Gasteiger partial charge on any atom is -0.285 e. The molecule has 0 N–H and O–H groups in total. The van der Waals surface area contributed by atoms with Gasteiger partial charge in [-0.05, 0) is 64.4 Å². The smallest absolute Gasteiger partial charge is 0.234 e. The van der Waals surface area contributed by atoms with Gasteiger partial charge in [-0.25, -0.2) is 0 Å². The van der Waals surface area contributed by atoms with Gasteiger partial charge in [0.15, 0.2) is 0 Å². The van der Waals surface area contributed by atoms with Gasteiger partial charge >= 0.3 is 0 Å². The number of rotatable bonds is 1. The van der Waals surface area contributed by atoms with Crippen LogP contribution in [-0.2, 0) is 0 Å². The second-order valence-electron chi connectivity index (χ2n) is 7.01. The van der Waals surface area contributed by atoms with E-state index in [1.54, 1.807) is 6.07 Å². The van der Waals surface area contributed by atoms with E-state index in [0.717, 1.165) is 27.1 Å². The van der Waals surface area contributed by atoms with Crippen LogP contribution < -0.4 is 0 Å². The van der Waals surface area contributed by atoms with Crippen LogP contribution in [0, 0.1) is 13.8 Å². The topological polar surface area (TPSA) is 34.1 Å². The molecule has 28 heavy (non-hydrogen) atoms. The van der Waals surface area contributed by atoms with Crippen molar-refractivity contribution in [2.45, 2.75) is 28.7 Å². The quantitative estimate of drug-likeness (QED) is 0.270. The zero-order chi connectivity index (χ0) is 18.0. The van der Waals surface area contributed by atoms with Crippen molar-refractivity contribution in [3.8, 4) is 11.1 Å². The molecule has 0 heterocycles. The molecule has 140 valence electrons. The lowest BCUT2D eigenvalue weighted by Crippen LogP contribution is -2.06. The van der Waals surface area contributed by atoms with Crippen LogP contribution in [0.15, 0.2) is 60.7 Å². The molecular weight excluding hydrogens is 344 g/mol. The Bertz CT molecular complexity index is 1260. The third kappa shape index (κ3) is 2.49. The van der Waals surface area contributed by atoms with E-state index in [1.165, 1.54) is 16.7 Å². The molecule has 0 radical (unpaired) electrons. The summed E-state index contributed by atoms with van der Waals surface area (Å²) in [6.45, 7) is 4.22. The van der Waals surface area contributed by atoms with Crippen LogP contribution in [0.25, 0.3) is 32.7 Å². The third-order valence-corrected chi connectivity index (χ3v) is 5.44. The van der Waals surface area contributed by atoms with Gasteiger partial charge in [0.2, 0.25) is 11.6 Å². The van der Waals surface area contributed by atoms with E-state index < -0.39 is 11.6 Å². The van der Waals surface area contributed by atoms with Crippen molar-refractivity contribution in [3.63, 3.8) is 0 Å². The fraction of sp³-hybridized carbons (Fsp3) is 0.154. The zero-order valence-corrected chi connectivity index (χ0v) is 14.6. The van der Waals surface area contributed by atoms with Crippen LogP contribution in [0.1, 0.15) is 46.7 Å². The number of hydrogen-bond acceptors (Lipinski definition) is 2. The summed E-state index contributed by atoms with van der Waals surface area (Å²) in [5.74, 6) is -0.786. The summed E-state index contributed by atoms with van der Waals surface area (Å²) in [5.41, 5.74) is 5.87. The fourth-order valence-corrected chi connectivity index (χ4v) is 4.26. The van der Waals surface area contributed by atoms with Crippen LogP contribution in [0.4, 0.5) is 0 Å². The van der Waals surface area contributed by atoms with Gasteiger partial charge in [0, 0.05) is 16.5 Å². The van der Waals surface area contributed by atoms with Gasteiger partial charge in [-0.15, -0.1) is 0 Å². The highest BCUT2D eigenvalue weighted by Gasteiger charge is 2.31. The van der Waals surface area contributed by atoms with E-state index in [9.17, 15) is 9.59 Å². The predicted molar refractivity (Wildman–Crippen MR) is 118 cm³/mol. The molecule has 0 saturated carbocycles. The second kappa shape index (κ2) is 6.72. The summed E-state index contributed by atoms with van der Waals surface area (Å²) >= 11 is 0. The summed E-state index contributed by atoms with van der Waals surface area (Å²) in [6.07, 6.45) is 0. The van der Waals surface area contributed by atoms with E-state index >= 15 is 0 Å². The Kier molecular flexibility index (Phi) is 4.68. The Morgan fingerprint density at radius 1 is 0.643 bits per heavy atom. The maximum absolute atomic E-state index is 12.4. The SMILES string of the molecule is C.C.Cc1cccc(C)c1-c1ccc2c(c1)cc1c3c(cccc32)C(=O)C1=O. The molecule has 0 aromatic heterocycles. The average Bonchev–Trinajstić information content (AvgIpc) is 2.88. The van der Waals surface area contributed by atoms with Crippen molar-refractivity contribution in [3.05, 3.63) is 82.9 Å². The molecule has 5 rings (SSSR count). The molecule has 4 aromatic rings. The van der Waals surface area contributed by atoms with E-state index in [4.69, 9.17) is 0 Å². The molecule has 0 unspecified atom stereocenters. The van der Waals surface area contributed by atoms with E-state index in [2.05, 4.69) is 50.2 Å². The molecule has 0 atom stereocenters. The summed E-state index contributed by atoms with van der Waals surface area (Å²) in [4.78, 5) is 24.7. The van der Waals surface area contributed by atoms with Gasteiger partial charge < -0.3 is 0 Å². The largest absolute Gasteiger partial charge is 0.285 e. The maximum atomic E-state index is 12.4. The Balaban J connectivity index is 0.00000112. The van der Waals surface area contributed by atoms with Crippen molar-refractivity contribution in [2.24, 2.45) is 0 Å². The van der Waals surface area contributed by atoms with E-state index in [1.807, 2.05) is 18.2 Å². The van der Waals surface area contributed by atoms with Crippen LogP contribution in [0.3, 0.4) is 0 Å². The van der Waals surface area contributed by atoms with Crippen molar-refractivity contribution in [1.29, 1.82) is 0 Å². The number of Topliss-reactive ketones (excluding diaryl/α,β-unsaturated/α-hetero) is 2. The average molecular weight is 368 g/mol. The number of carbonyl (C=O) groups excluding carboxylic acids is 2. The highest BCUT2D eigenvalue weighted by Crippen LogP contribution is 2.38. The van der Waals surface area contributed by atoms with Crippen molar-refractivity contribution < 1.29 is 9.59 Å². The highest BCUT2D eigenvalue weighted by molar-refractivity contribution is 6.58. The number of ketones is 2. The molecule has 0 bridgehead atoms. The molecule has 4 aromatic carbocycles. The number of hydrogen-bond donors (Lipinski definition) is 0. The number of benzene rings is 4. The van der Waals surface area contributed by atoms with Crippen LogP contribution in [0.2, 0.25) is 0 Å². The lowest BCUT2D eigenvalue weighted by atomic mass is 9.91. The lowest BCUT2D eigenvalue weighted by molar-refractivity contribution is 0.0825. The summed E-state index contributed by atoms with van der Waals surface area (Å²) < 4.78 is 0. The zero-order valence-electron chi connectivity index (χ0n) is 14.6. The summed E-state index contributed by atoms with van der Waals surface area (Å²) in [5, 5.41) is 3.84. The normalized spacial score (nSPS) is 12.2. The number of fused-ring (bicyclic) bond motifs is 2. The third-order valence-electron chi connectivity index (χ3n) is 5.44. The second-order valence-corrected chi connectivity index (χ2v) is 7.01. The van der Waals surface area contributed by atoms with Crippen LogP contribution >= 0.6 is 0 Å². The molecule has 1 aliphatic carbocycles. The molecule has 0 spiro atoms. The molecule has 0 fully saturated rings. The van der Waals surface area contributed by atoms with Gasteiger partial charge in [-0.1, -0.05) is 63.4 Å². The Morgan fingerprint density at radius 3 is 2.00 bits per heavy atom. The predicted octanol–water partition coefficient (Wildman–Crippen LogP) is 6.93. The van der Waals surface area contributed by atoms with E-state index in [0.29, 0.717) is 11.1 Å². The molecule has 1 aliphatic rings. The fourth-order valence-electron chi connectivity index (χ4n) is 4.26. The first-order chi connectivity index (χ1) is 12.6. The molecule has 2 nitrogen and oxygen atoms in total. The van der Waals surface area contributed by atoms with Gasteiger partial charge in [0.05, 0.1) is 0 Å². The first kappa shape index (κ1) is 19.5. The first-order valence-electron chi connectivity index (χ1n) is 8.71. The molecule has 0 amide bonds. The molecular formula is C26H24O2. The molecule has 2 heteroatoms. The van der Waals surface area contributed by atoms with Gasteiger partial charge in [-0.3, -0.25) is 9.59 Å². The van der Waals surface area contributed by atoms with Gasteiger partial charge in [0.25, 0.3) is 0 Å². The highest BCUT2D eigenvalue weighted by atomic mass is 16.2. The van der Waals surface area contributed by atoms with Gasteiger partial charge in [0.1, 0.15) is 0 Å². The first-order valence-corrected chi connectivity index (χ1v) is 8.71. The van der Waals surface area contributed by atoms with Gasteiger partial charge in [-0.2, -0.15) is 0 Å². The maximum Gasteiger partial charge on any atom is 0.234 e. The Hall–Kier alpha value is -3.26. The van der Waals surface area contributed by atoms with Crippen LogP contribution in [-0.4, -0.2) is 11.6 Å². The summed E-state index contributed by atoms with van der Waals surface area (Å²) in [6, 6.07) is 20.1. The van der Waals surface area contributed by atoms with Crippen molar-refractivity contribution >= 4 is 33.1 Å². The monoisotopic (exact) mass is 368 g/mol. The molecule has 0 saturated heterocycles. The standard InChI is InChI=1S/C24H16O2.2CH4/c1-13-5-3-6-14(2)21(13)15-9-10-17-16(11-15)12-20-22-18(17)7-4-8-19(22)23(25)24(20)26;;/h3-12H,1-2H3;2*1H4. The Morgan fingerprint density at radius 2 is 1.29 bits per heavy atom. The number of aryl methyl sites for hydroxylation is 2. The molecule has 0 aliphatic heterocycles. The summed E-state index contributed by atoms with van der Waals surface area (Å²) in [7, 11) is 0. The minimum atomic E-state index is -0.393. The minimum absolute atomic E-state index is 0. The van der Waals surface area contributed by atoms with E-state index in [-0.39, 0.29) is 14.9 Å². The Labute approximate surface area is 165 Å². The van der Waals surface area contributed by atoms with Crippen molar-refractivity contribution in [2.75, 3.05) is 0 Å². The number of carbonyl (C=O) groups is 2. The van der Waals surface area contributed by atoms with Crippen LogP contribution in [0.5, 0.6) is 0 Å². The lowest BCUT2D eigenvalue weighted by Gasteiger charge is -2.12. The van der Waals surface area contributed by atoms with Crippen molar-refractivity contribution in [1.82, 2.24) is 0 Å².